The van der Waals surface area contributed by atoms with E-state index in [1.54, 1.807) is 16.2 Å². The van der Waals surface area contributed by atoms with Crippen molar-refractivity contribution >= 4 is 29.0 Å². The number of amides is 3. The zero-order chi connectivity index (χ0) is 21.5. The van der Waals surface area contributed by atoms with Crippen LogP contribution in [-0.2, 0) is 4.79 Å². The van der Waals surface area contributed by atoms with E-state index in [1.807, 2.05) is 41.8 Å². The lowest BCUT2D eigenvalue weighted by molar-refractivity contribution is -0.133. The highest BCUT2D eigenvalue weighted by Crippen LogP contribution is 2.17. The maximum absolute atomic E-state index is 12.4. The molecule has 158 valence electrons. The van der Waals surface area contributed by atoms with E-state index in [9.17, 15) is 14.7 Å². The van der Waals surface area contributed by atoms with Crippen LogP contribution in [0.2, 0.25) is 0 Å². The van der Waals surface area contributed by atoms with Gasteiger partial charge in [0.15, 0.2) is 0 Å². The van der Waals surface area contributed by atoms with Crippen molar-refractivity contribution in [3.05, 3.63) is 52.2 Å². The van der Waals surface area contributed by atoms with E-state index in [0.717, 1.165) is 16.1 Å². The molecule has 3 amide bonds. The molecule has 1 saturated heterocycles. The Hall–Kier alpha value is -3.06. The summed E-state index contributed by atoms with van der Waals surface area (Å²) in [4.78, 5) is 28.8. The van der Waals surface area contributed by atoms with Crippen LogP contribution in [0.3, 0.4) is 0 Å². The predicted octanol–water partition coefficient (Wildman–Crippen LogP) is 1.23. The average Bonchev–Trinajstić information content (AvgIpc) is 3.29. The second kappa shape index (κ2) is 10.1. The van der Waals surface area contributed by atoms with E-state index < -0.39 is 24.1 Å². The van der Waals surface area contributed by atoms with Crippen molar-refractivity contribution in [1.82, 2.24) is 15.7 Å². The fraction of sp³-hybridized carbons (Fsp3) is 0.333. The van der Waals surface area contributed by atoms with Crippen LogP contribution in [0.1, 0.15) is 17.4 Å². The van der Waals surface area contributed by atoms with Gasteiger partial charge in [-0.1, -0.05) is 17.9 Å². The lowest BCUT2D eigenvalue weighted by atomic mass is 10.1. The fourth-order valence-electron chi connectivity index (χ4n) is 3.11. The number of nitrogens with one attached hydrogen (secondary N) is 2. The summed E-state index contributed by atoms with van der Waals surface area (Å²) in [7, 11) is 0. The highest BCUT2D eigenvalue weighted by molar-refractivity contribution is 7.10. The van der Waals surface area contributed by atoms with Crippen LogP contribution in [0.5, 0.6) is 0 Å². The predicted molar refractivity (Wildman–Crippen MR) is 114 cm³/mol. The van der Waals surface area contributed by atoms with Crippen LogP contribution < -0.4 is 15.7 Å². The highest BCUT2D eigenvalue weighted by atomic mass is 32.1. The smallest absolute Gasteiger partial charge is 0.318 e. The third-order valence-electron chi connectivity index (χ3n) is 4.80. The minimum atomic E-state index is -1.22. The van der Waals surface area contributed by atoms with Crippen LogP contribution in [0.25, 0.3) is 0 Å². The highest BCUT2D eigenvalue weighted by Gasteiger charge is 2.29. The number of piperazine rings is 1. The first-order chi connectivity index (χ1) is 14.5. The van der Waals surface area contributed by atoms with Gasteiger partial charge in [-0.3, -0.25) is 10.0 Å². The Morgan fingerprint density at radius 2 is 1.80 bits per heavy atom. The number of hydroxylamine groups is 1. The van der Waals surface area contributed by atoms with Gasteiger partial charge < -0.3 is 20.2 Å². The molecule has 0 bridgehead atoms. The van der Waals surface area contributed by atoms with Gasteiger partial charge in [-0.15, -0.1) is 11.3 Å². The Morgan fingerprint density at radius 3 is 2.37 bits per heavy atom. The molecule has 8 nitrogen and oxygen atoms in total. The molecule has 30 heavy (non-hydrogen) atoms. The van der Waals surface area contributed by atoms with E-state index in [2.05, 4.69) is 22.1 Å². The molecule has 1 aliphatic rings. The first-order valence-corrected chi connectivity index (χ1v) is 10.4. The fourth-order valence-corrected chi connectivity index (χ4v) is 3.68. The number of benzene rings is 1. The number of urea groups is 1. The molecular weight excluding hydrogens is 404 g/mol. The van der Waals surface area contributed by atoms with Crippen LogP contribution >= 0.6 is 11.3 Å². The Kier molecular flexibility index (Phi) is 7.30. The monoisotopic (exact) mass is 428 g/mol. The number of nitrogens with zero attached hydrogens (tertiary/aromatic N) is 2. The summed E-state index contributed by atoms with van der Waals surface area (Å²) in [6.07, 6.45) is -1.14. The number of aliphatic hydroxyl groups is 1. The standard InChI is InChI=1S/C21H24N4O4S/c1-15(26)19(20(27)23-29)22-21(28)25-12-10-24(11-13-25)17-7-4-16(5-8-17)6-9-18-3-2-14-30-18/h2-5,7-8,14-15,19,26,29H,10-13H2,1H3,(H,22,28)(H,23,27)/t15-,19+/m1/s1. The normalized spacial score (nSPS) is 15.6. The first kappa shape index (κ1) is 21.6. The van der Waals surface area contributed by atoms with Gasteiger partial charge in [0.25, 0.3) is 5.91 Å². The molecule has 3 rings (SSSR count). The maximum atomic E-state index is 12.4. The minimum absolute atomic E-state index is 0.455. The van der Waals surface area contributed by atoms with Gasteiger partial charge in [-0.2, -0.15) is 0 Å². The Bertz CT molecular complexity index is 911. The first-order valence-electron chi connectivity index (χ1n) is 9.56. The van der Waals surface area contributed by atoms with Gasteiger partial charge in [-0.05, 0) is 42.6 Å². The molecule has 0 saturated carbocycles. The molecule has 2 heterocycles. The molecular formula is C21H24N4O4S. The minimum Gasteiger partial charge on any atom is -0.391 e. The van der Waals surface area contributed by atoms with Gasteiger partial charge in [0.2, 0.25) is 0 Å². The van der Waals surface area contributed by atoms with Crippen molar-refractivity contribution in [2.75, 3.05) is 31.1 Å². The zero-order valence-electron chi connectivity index (χ0n) is 16.5. The summed E-state index contributed by atoms with van der Waals surface area (Å²) in [5.74, 6) is 5.42. The van der Waals surface area contributed by atoms with Gasteiger partial charge in [0, 0.05) is 37.4 Å². The lowest BCUT2D eigenvalue weighted by Gasteiger charge is -2.36. The Labute approximate surface area is 179 Å². The summed E-state index contributed by atoms with van der Waals surface area (Å²) in [5.41, 5.74) is 3.45. The van der Waals surface area contributed by atoms with E-state index in [4.69, 9.17) is 5.21 Å². The molecule has 0 unspecified atom stereocenters. The summed E-state index contributed by atoms with van der Waals surface area (Å²) in [6, 6.07) is 10.3. The summed E-state index contributed by atoms with van der Waals surface area (Å²) < 4.78 is 0. The maximum Gasteiger partial charge on any atom is 0.318 e. The topological polar surface area (TPSA) is 105 Å². The largest absolute Gasteiger partial charge is 0.391 e. The van der Waals surface area contributed by atoms with Crippen molar-refractivity contribution in [2.45, 2.75) is 19.1 Å². The SMILES string of the molecule is C[C@@H](O)[C@H](NC(=O)N1CCN(c2ccc(C#Cc3cccs3)cc2)CC1)C(=O)NO. The average molecular weight is 429 g/mol. The summed E-state index contributed by atoms with van der Waals surface area (Å²) >= 11 is 1.61. The summed E-state index contributed by atoms with van der Waals surface area (Å²) in [6.45, 7) is 3.59. The van der Waals surface area contributed by atoms with E-state index in [0.29, 0.717) is 26.2 Å². The molecule has 1 fully saturated rings. The second-order valence-electron chi connectivity index (χ2n) is 6.89. The molecule has 0 spiro atoms. The number of hydrogen-bond acceptors (Lipinski definition) is 6. The number of carbonyl (C=O) groups is 2. The quantitative estimate of drug-likeness (QED) is 0.333. The van der Waals surface area contributed by atoms with E-state index in [-0.39, 0.29) is 0 Å². The van der Waals surface area contributed by atoms with Gasteiger partial charge in [0.1, 0.15) is 6.04 Å². The number of rotatable bonds is 4. The number of hydrogen-bond donors (Lipinski definition) is 4. The van der Waals surface area contributed by atoms with Crippen molar-refractivity contribution in [2.24, 2.45) is 0 Å². The number of thiophene rings is 1. The lowest BCUT2D eigenvalue weighted by Crippen LogP contribution is -2.58. The van der Waals surface area contributed by atoms with E-state index >= 15 is 0 Å². The van der Waals surface area contributed by atoms with Gasteiger partial charge >= 0.3 is 6.03 Å². The number of aliphatic hydroxyl groups excluding tert-OH is 1. The second-order valence-corrected chi connectivity index (χ2v) is 7.84. The molecule has 2 aromatic rings. The van der Waals surface area contributed by atoms with Crippen molar-refractivity contribution in [1.29, 1.82) is 0 Å². The van der Waals surface area contributed by atoms with Crippen molar-refractivity contribution < 1.29 is 19.9 Å². The Morgan fingerprint density at radius 1 is 1.10 bits per heavy atom. The van der Waals surface area contributed by atoms with Crippen molar-refractivity contribution in [3.63, 3.8) is 0 Å². The third kappa shape index (κ3) is 5.51. The summed E-state index contributed by atoms with van der Waals surface area (Å²) in [5, 5.41) is 22.8. The molecule has 2 atom stereocenters. The van der Waals surface area contributed by atoms with Crippen LogP contribution in [-0.4, -0.2) is 65.5 Å². The molecule has 0 radical (unpaired) electrons. The molecule has 1 aromatic heterocycles. The van der Waals surface area contributed by atoms with Crippen LogP contribution in [0, 0.1) is 11.8 Å². The number of carbonyl (C=O) groups excluding carboxylic acids is 2. The Balaban J connectivity index is 1.53. The third-order valence-corrected chi connectivity index (χ3v) is 5.59. The van der Waals surface area contributed by atoms with Gasteiger partial charge in [0.05, 0.1) is 11.0 Å². The van der Waals surface area contributed by atoms with E-state index in [1.165, 1.54) is 12.4 Å². The molecule has 1 aromatic carbocycles. The van der Waals surface area contributed by atoms with Crippen molar-refractivity contribution in [3.8, 4) is 11.8 Å². The van der Waals surface area contributed by atoms with Crippen LogP contribution in [0.4, 0.5) is 10.5 Å². The molecule has 0 aliphatic carbocycles. The van der Waals surface area contributed by atoms with Crippen LogP contribution in [0.15, 0.2) is 41.8 Å². The molecule has 4 N–H and O–H groups in total. The zero-order valence-corrected chi connectivity index (χ0v) is 17.4. The number of anilines is 1. The van der Waals surface area contributed by atoms with Gasteiger partial charge in [-0.25, -0.2) is 10.3 Å². The molecule has 1 aliphatic heterocycles. The molecule has 9 heteroatoms.